The topological polar surface area (TPSA) is 47.6 Å². The molecule has 0 aromatic heterocycles. The highest BCUT2D eigenvalue weighted by Gasteiger charge is 2.16. The molecular formula is C21H25NO3. The minimum Gasteiger partial charge on any atom is -0.491 e. The average Bonchev–Trinajstić information content (AvgIpc) is 3.14. The van der Waals surface area contributed by atoms with E-state index in [0.717, 1.165) is 30.9 Å². The fourth-order valence-electron chi connectivity index (χ4n) is 2.82. The highest BCUT2D eigenvalue weighted by Crippen LogP contribution is 2.19. The van der Waals surface area contributed by atoms with Crippen molar-refractivity contribution < 1.29 is 14.3 Å². The Morgan fingerprint density at radius 2 is 1.88 bits per heavy atom. The zero-order valence-electron chi connectivity index (χ0n) is 14.8. The molecule has 3 rings (SSSR count). The van der Waals surface area contributed by atoms with Crippen LogP contribution >= 0.6 is 0 Å². The van der Waals surface area contributed by atoms with Crippen molar-refractivity contribution in [2.75, 3.05) is 18.5 Å². The average molecular weight is 339 g/mol. The summed E-state index contributed by atoms with van der Waals surface area (Å²) in [5.41, 5.74) is 2.66. The van der Waals surface area contributed by atoms with E-state index in [-0.39, 0.29) is 12.0 Å². The Morgan fingerprint density at radius 3 is 2.48 bits per heavy atom. The van der Waals surface area contributed by atoms with E-state index < -0.39 is 0 Å². The zero-order valence-corrected chi connectivity index (χ0v) is 14.8. The Morgan fingerprint density at radius 1 is 1.16 bits per heavy atom. The molecule has 1 heterocycles. The van der Waals surface area contributed by atoms with Gasteiger partial charge in [-0.15, -0.1) is 0 Å². The molecule has 1 N–H and O–H groups in total. The van der Waals surface area contributed by atoms with E-state index in [1.54, 1.807) is 12.1 Å². The quantitative estimate of drug-likeness (QED) is 0.835. The SMILES string of the molecule is CC(C)c1ccc(NC(=O)c2ccc(OCC3CCCO3)cc2)cc1. The minimum absolute atomic E-state index is 0.122. The van der Waals surface area contributed by atoms with Crippen LogP contribution in [0.4, 0.5) is 5.69 Å². The monoisotopic (exact) mass is 339 g/mol. The van der Waals surface area contributed by atoms with E-state index in [9.17, 15) is 4.79 Å². The predicted molar refractivity (Wildman–Crippen MR) is 99.4 cm³/mol. The van der Waals surface area contributed by atoms with Gasteiger partial charge in [0.05, 0.1) is 6.10 Å². The molecule has 1 amide bonds. The molecule has 25 heavy (non-hydrogen) atoms. The predicted octanol–water partition coefficient (Wildman–Crippen LogP) is 4.62. The number of anilines is 1. The molecule has 0 radical (unpaired) electrons. The number of rotatable bonds is 6. The van der Waals surface area contributed by atoms with Crippen LogP contribution in [0.15, 0.2) is 48.5 Å². The van der Waals surface area contributed by atoms with Gasteiger partial charge in [0.2, 0.25) is 0 Å². The summed E-state index contributed by atoms with van der Waals surface area (Å²) in [6.45, 7) is 5.69. The smallest absolute Gasteiger partial charge is 0.255 e. The third-order valence-electron chi connectivity index (χ3n) is 4.41. The van der Waals surface area contributed by atoms with Crippen LogP contribution in [0.25, 0.3) is 0 Å². The maximum atomic E-state index is 12.3. The molecule has 0 spiro atoms. The summed E-state index contributed by atoms with van der Waals surface area (Å²) >= 11 is 0. The van der Waals surface area contributed by atoms with Crippen LogP contribution in [-0.4, -0.2) is 25.2 Å². The van der Waals surface area contributed by atoms with E-state index in [0.29, 0.717) is 18.1 Å². The number of carbonyl (C=O) groups excluding carboxylic acids is 1. The van der Waals surface area contributed by atoms with Gasteiger partial charge < -0.3 is 14.8 Å². The molecule has 4 nitrogen and oxygen atoms in total. The molecule has 2 aromatic rings. The molecule has 1 fully saturated rings. The Labute approximate surface area is 149 Å². The fraction of sp³-hybridized carbons (Fsp3) is 0.381. The van der Waals surface area contributed by atoms with Gasteiger partial charge in [-0.1, -0.05) is 26.0 Å². The van der Waals surface area contributed by atoms with Gasteiger partial charge in [0.15, 0.2) is 0 Å². The summed E-state index contributed by atoms with van der Waals surface area (Å²) in [7, 11) is 0. The summed E-state index contributed by atoms with van der Waals surface area (Å²) in [4.78, 5) is 12.3. The van der Waals surface area contributed by atoms with Crippen molar-refractivity contribution in [1.82, 2.24) is 0 Å². The van der Waals surface area contributed by atoms with Gasteiger partial charge in [-0.25, -0.2) is 0 Å². The lowest BCUT2D eigenvalue weighted by molar-refractivity contribution is 0.0679. The van der Waals surface area contributed by atoms with Crippen molar-refractivity contribution in [2.24, 2.45) is 0 Å². The molecule has 0 bridgehead atoms. The molecule has 1 saturated heterocycles. The second-order valence-corrected chi connectivity index (χ2v) is 6.70. The van der Waals surface area contributed by atoms with Crippen molar-refractivity contribution >= 4 is 11.6 Å². The van der Waals surface area contributed by atoms with Crippen LogP contribution in [0.2, 0.25) is 0 Å². The largest absolute Gasteiger partial charge is 0.491 e. The first-order valence-electron chi connectivity index (χ1n) is 8.87. The van der Waals surface area contributed by atoms with Crippen molar-refractivity contribution in [3.8, 4) is 5.75 Å². The molecule has 1 aliphatic heterocycles. The molecule has 1 atom stereocenters. The molecule has 1 unspecified atom stereocenters. The number of hydrogen-bond donors (Lipinski definition) is 1. The van der Waals surface area contributed by atoms with E-state index in [1.807, 2.05) is 36.4 Å². The first kappa shape index (κ1) is 17.5. The van der Waals surface area contributed by atoms with Crippen LogP contribution in [0.1, 0.15) is 48.5 Å². The third-order valence-corrected chi connectivity index (χ3v) is 4.41. The summed E-state index contributed by atoms with van der Waals surface area (Å²) < 4.78 is 11.3. The lowest BCUT2D eigenvalue weighted by Gasteiger charge is -2.12. The first-order chi connectivity index (χ1) is 12.1. The molecule has 2 aromatic carbocycles. The number of carbonyl (C=O) groups is 1. The van der Waals surface area contributed by atoms with E-state index in [4.69, 9.17) is 9.47 Å². The van der Waals surface area contributed by atoms with Crippen LogP contribution in [0.3, 0.4) is 0 Å². The number of nitrogens with one attached hydrogen (secondary N) is 1. The minimum atomic E-state index is -0.122. The third kappa shape index (κ3) is 4.83. The lowest BCUT2D eigenvalue weighted by atomic mass is 10.0. The zero-order chi connectivity index (χ0) is 17.6. The van der Waals surface area contributed by atoms with Crippen LogP contribution < -0.4 is 10.1 Å². The van der Waals surface area contributed by atoms with Crippen molar-refractivity contribution in [1.29, 1.82) is 0 Å². The van der Waals surface area contributed by atoms with E-state index in [1.165, 1.54) is 5.56 Å². The summed E-state index contributed by atoms with van der Waals surface area (Å²) in [6.07, 6.45) is 2.35. The summed E-state index contributed by atoms with van der Waals surface area (Å²) in [6, 6.07) is 15.2. The van der Waals surface area contributed by atoms with Gasteiger partial charge in [0.1, 0.15) is 12.4 Å². The number of hydrogen-bond acceptors (Lipinski definition) is 3. The van der Waals surface area contributed by atoms with Crippen LogP contribution in [0.5, 0.6) is 5.75 Å². The number of amides is 1. The highest BCUT2D eigenvalue weighted by molar-refractivity contribution is 6.04. The molecular weight excluding hydrogens is 314 g/mol. The maximum absolute atomic E-state index is 12.3. The normalized spacial score (nSPS) is 16.8. The molecule has 1 aliphatic rings. The summed E-state index contributed by atoms with van der Waals surface area (Å²) in [5.74, 6) is 1.11. The molecule has 0 aliphatic carbocycles. The Kier molecular flexibility index (Phi) is 5.71. The van der Waals surface area contributed by atoms with Crippen LogP contribution in [0, 0.1) is 0 Å². The van der Waals surface area contributed by atoms with Crippen LogP contribution in [-0.2, 0) is 4.74 Å². The number of ether oxygens (including phenoxy) is 2. The van der Waals surface area contributed by atoms with Crippen molar-refractivity contribution in [3.63, 3.8) is 0 Å². The second-order valence-electron chi connectivity index (χ2n) is 6.70. The Bertz CT molecular complexity index is 686. The van der Waals surface area contributed by atoms with Gasteiger partial charge in [0.25, 0.3) is 5.91 Å². The van der Waals surface area contributed by atoms with Crippen molar-refractivity contribution in [3.05, 3.63) is 59.7 Å². The second kappa shape index (κ2) is 8.17. The molecule has 4 heteroatoms. The molecule has 0 saturated carbocycles. The van der Waals surface area contributed by atoms with E-state index >= 15 is 0 Å². The Hall–Kier alpha value is -2.33. The Balaban J connectivity index is 1.54. The molecule has 132 valence electrons. The van der Waals surface area contributed by atoms with Crippen molar-refractivity contribution in [2.45, 2.75) is 38.7 Å². The maximum Gasteiger partial charge on any atom is 0.255 e. The van der Waals surface area contributed by atoms with Gasteiger partial charge in [-0.2, -0.15) is 0 Å². The highest BCUT2D eigenvalue weighted by atomic mass is 16.5. The standard InChI is InChI=1S/C21H25NO3/c1-15(2)16-5-9-18(10-6-16)22-21(23)17-7-11-19(12-8-17)25-14-20-4-3-13-24-20/h5-12,15,20H,3-4,13-14H2,1-2H3,(H,22,23). The number of benzene rings is 2. The summed E-state index contributed by atoms with van der Waals surface area (Å²) in [5, 5.41) is 2.92. The van der Waals surface area contributed by atoms with E-state index in [2.05, 4.69) is 19.2 Å². The van der Waals surface area contributed by atoms with Gasteiger partial charge in [-0.3, -0.25) is 4.79 Å². The fourth-order valence-corrected chi connectivity index (χ4v) is 2.82. The van der Waals surface area contributed by atoms with Gasteiger partial charge in [-0.05, 0) is 60.7 Å². The first-order valence-corrected chi connectivity index (χ1v) is 8.87. The van der Waals surface area contributed by atoms with Gasteiger partial charge in [0, 0.05) is 17.9 Å². The van der Waals surface area contributed by atoms with Gasteiger partial charge >= 0.3 is 0 Å². The lowest BCUT2D eigenvalue weighted by Crippen LogP contribution is -2.16.